The second kappa shape index (κ2) is 4.54. The maximum absolute atomic E-state index is 12.4. The number of nitrogens with zero attached hydrogens (tertiary/aromatic N) is 1. The van der Waals surface area contributed by atoms with Crippen LogP contribution in [0.2, 0.25) is 19.6 Å². The summed E-state index contributed by atoms with van der Waals surface area (Å²) in [6.07, 6.45) is 2.35. The second-order valence-corrected chi connectivity index (χ2v) is 10.9. The first-order valence-corrected chi connectivity index (χ1v) is 10.4. The molecule has 3 nitrogen and oxygen atoms in total. The molecule has 2 fully saturated rings. The molecule has 0 N–H and O–H groups in total. The first-order valence-electron chi connectivity index (χ1n) is 7.02. The summed E-state index contributed by atoms with van der Waals surface area (Å²) in [6.45, 7) is 6.62. The van der Waals surface area contributed by atoms with E-state index in [1.54, 1.807) is 0 Å². The van der Waals surface area contributed by atoms with E-state index in [-0.39, 0.29) is 18.1 Å². The van der Waals surface area contributed by atoms with Crippen molar-refractivity contribution in [2.75, 3.05) is 0 Å². The molecule has 1 aromatic rings. The molecule has 2 heterocycles. The number of ketones is 1. The Morgan fingerprint density at radius 3 is 2.53 bits per heavy atom. The fraction of sp³-hybridized carbons (Fsp3) is 0.533. The molecule has 4 heteroatoms. The molecule has 0 aromatic heterocycles. The van der Waals surface area contributed by atoms with Crippen LogP contribution in [0, 0.1) is 0 Å². The number of piperidine rings is 1. The Hall–Kier alpha value is -0.973. The summed E-state index contributed by atoms with van der Waals surface area (Å²) in [5, 5.41) is 0. The molecule has 2 aliphatic rings. The summed E-state index contributed by atoms with van der Waals surface area (Å²) in [6, 6.07) is 10.1. The van der Waals surface area contributed by atoms with Gasteiger partial charge >= 0.3 is 0 Å². The molecule has 0 saturated carbocycles. The molecular weight excluding hydrogens is 254 g/mol. The standard InChI is InChI=1S/C15H21NO2Si/c1-19(2,3)18-13-10-9-12-14(16(12)13)15(17)11-7-5-4-6-8-11/h4-8,12-14H,9-10H2,1-3H3/t12-,13+,14+,16?/m1/s1. The highest BCUT2D eigenvalue weighted by molar-refractivity contribution is 6.69. The van der Waals surface area contributed by atoms with Crippen LogP contribution in [0.15, 0.2) is 30.3 Å². The van der Waals surface area contributed by atoms with Crippen LogP contribution in [-0.2, 0) is 4.43 Å². The average molecular weight is 275 g/mol. The SMILES string of the molecule is C[Si](C)(C)O[C@H]1CC[C@@H]2[C@@H](C(=O)c3ccccc3)N12. The largest absolute Gasteiger partial charge is 0.402 e. The molecule has 0 radical (unpaired) electrons. The van der Waals surface area contributed by atoms with E-state index in [4.69, 9.17) is 4.43 Å². The van der Waals surface area contributed by atoms with Gasteiger partial charge in [-0.15, -0.1) is 0 Å². The van der Waals surface area contributed by atoms with Gasteiger partial charge in [0.1, 0.15) is 6.23 Å². The molecule has 19 heavy (non-hydrogen) atoms. The molecule has 4 atom stereocenters. The lowest BCUT2D eigenvalue weighted by Crippen LogP contribution is -2.36. The number of Topliss-reactive ketones (excluding diaryl/α,β-unsaturated/α-hetero) is 1. The zero-order valence-corrected chi connectivity index (χ0v) is 12.8. The van der Waals surface area contributed by atoms with E-state index in [2.05, 4.69) is 24.5 Å². The summed E-state index contributed by atoms with van der Waals surface area (Å²) in [7, 11) is -1.53. The molecule has 1 unspecified atom stereocenters. The fourth-order valence-corrected chi connectivity index (χ4v) is 4.13. The van der Waals surface area contributed by atoms with Crippen molar-refractivity contribution in [3.63, 3.8) is 0 Å². The minimum Gasteiger partial charge on any atom is -0.402 e. The molecule has 0 spiro atoms. The van der Waals surface area contributed by atoms with Gasteiger partial charge in [-0.05, 0) is 32.5 Å². The van der Waals surface area contributed by atoms with Crippen molar-refractivity contribution in [3.05, 3.63) is 35.9 Å². The van der Waals surface area contributed by atoms with E-state index in [9.17, 15) is 4.79 Å². The smallest absolute Gasteiger partial charge is 0.185 e. The number of fused-ring (bicyclic) bond motifs is 1. The number of hydrogen-bond acceptors (Lipinski definition) is 3. The maximum atomic E-state index is 12.4. The van der Waals surface area contributed by atoms with Crippen LogP contribution in [0.1, 0.15) is 23.2 Å². The lowest BCUT2D eigenvalue weighted by atomic mass is 10.0. The summed E-state index contributed by atoms with van der Waals surface area (Å²) < 4.78 is 6.18. The number of rotatable bonds is 4. The Labute approximate surface area is 115 Å². The highest BCUT2D eigenvalue weighted by Gasteiger charge is 2.59. The van der Waals surface area contributed by atoms with Crippen molar-refractivity contribution < 1.29 is 9.22 Å². The van der Waals surface area contributed by atoms with Gasteiger partial charge < -0.3 is 4.43 Å². The molecule has 0 amide bonds. The van der Waals surface area contributed by atoms with Gasteiger partial charge in [-0.3, -0.25) is 9.69 Å². The third-order valence-electron chi connectivity index (χ3n) is 3.84. The van der Waals surface area contributed by atoms with E-state index in [1.807, 2.05) is 30.3 Å². The van der Waals surface area contributed by atoms with Gasteiger partial charge in [0.2, 0.25) is 0 Å². The minimum absolute atomic E-state index is 0.0671. The van der Waals surface area contributed by atoms with Crippen LogP contribution in [0.5, 0.6) is 0 Å². The monoisotopic (exact) mass is 275 g/mol. The Bertz CT molecular complexity index is 483. The topological polar surface area (TPSA) is 29.3 Å². The predicted octanol–water partition coefficient (Wildman–Crippen LogP) is 2.89. The van der Waals surface area contributed by atoms with Crippen molar-refractivity contribution >= 4 is 14.1 Å². The van der Waals surface area contributed by atoms with Crippen LogP contribution >= 0.6 is 0 Å². The van der Waals surface area contributed by atoms with E-state index in [0.717, 1.165) is 18.4 Å². The van der Waals surface area contributed by atoms with Crippen LogP contribution in [0.4, 0.5) is 0 Å². The van der Waals surface area contributed by atoms with Gasteiger partial charge in [-0.2, -0.15) is 0 Å². The van der Waals surface area contributed by atoms with Gasteiger partial charge in [-0.1, -0.05) is 30.3 Å². The second-order valence-electron chi connectivity index (χ2n) is 6.45. The summed E-state index contributed by atoms with van der Waals surface area (Å²) in [5.41, 5.74) is 0.827. The summed E-state index contributed by atoms with van der Waals surface area (Å²) in [4.78, 5) is 14.7. The highest BCUT2D eigenvalue weighted by atomic mass is 28.4. The average Bonchev–Trinajstić information content (AvgIpc) is 2.95. The fourth-order valence-electron chi connectivity index (χ4n) is 3.07. The van der Waals surface area contributed by atoms with Crippen molar-refractivity contribution in [2.45, 2.75) is 50.8 Å². The summed E-state index contributed by atoms with van der Waals surface area (Å²) in [5.74, 6) is 0.259. The van der Waals surface area contributed by atoms with Gasteiger partial charge in [0.05, 0.1) is 6.04 Å². The maximum Gasteiger partial charge on any atom is 0.185 e. The first-order chi connectivity index (χ1) is 8.97. The quantitative estimate of drug-likeness (QED) is 0.481. The zero-order valence-electron chi connectivity index (χ0n) is 11.8. The summed E-state index contributed by atoms with van der Waals surface area (Å²) >= 11 is 0. The molecule has 102 valence electrons. The third-order valence-corrected chi connectivity index (χ3v) is 4.82. The molecule has 3 rings (SSSR count). The number of carbonyl (C=O) groups excluding carboxylic acids is 1. The third kappa shape index (κ3) is 2.52. The van der Waals surface area contributed by atoms with Crippen molar-refractivity contribution in [3.8, 4) is 0 Å². The van der Waals surface area contributed by atoms with Crippen molar-refractivity contribution in [1.82, 2.24) is 4.90 Å². The molecule has 0 aliphatic carbocycles. The van der Waals surface area contributed by atoms with Gasteiger partial charge in [-0.25, -0.2) is 0 Å². The number of benzene rings is 1. The lowest BCUT2D eigenvalue weighted by Gasteiger charge is -2.25. The van der Waals surface area contributed by atoms with E-state index in [0.29, 0.717) is 6.04 Å². The highest BCUT2D eigenvalue weighted by Crippen LogP contribution is 2.45. The zero-order chi connectivity index (χ0) is 13.6. The predicted molar refractivity (Wildman–Crippen MR) is 77.6 cm³/mol. The van der Waals surface area contributed by atoms with Crippen LogP contribution in [0.25, 0.3) is 0 Å². The van der Waals surface area contributed by atoms with Crippen LogP contribution < -0.4 is 0 Å². The van der Waals surface area contributed by atoms with Crippen LogP contribution in [0.3, 0.4) is 0 Å². The van der Waals surface area contributed by atoms with E-state index < -0.39 is 8.32 Å². The van der Waals surface area contributed by atoms with Gasteiger partial charge in [0.15, 0.2) is 14.1 Å². The van der Waals surface area contributed by atoms with Crippen LogP contribution in [-0.4, -0.2) is 37.3 Å². The Morgan fingerprint density at radius 1 is 1.21 bits per heavy atom. The Morgan fingerprint density at radius 2 is 1.89 bits per heavy atom. The van der Waals surface area contributed by atoms with E-state index >= 15 is 0 Å². The van der Waals surface area contributed by atoms with Gasteiger partial charge in [0, 0.05) is 11.6 Å². The molecule has 1 aromatic carbocycles. The Kier molecular flexibility index (Phi) is 3.12. The van der Waals surface area contributed by atoms with Crippen molar-refractivity contribution in [1.29, 1.82) is 0 Å². The van der Waals surface area contributed by atoms with Crippen molar-refractivity contribution in [2.24, 2.45) is 0 Å². The molecular formula is C15H21NO2Si. The number of hydrogen-bond donors (Lipinski definition) is 0. The lowest BCUT2D eigenvalue weighted by molar-refractivity contribution is 0.0812. The number of carbonyl (C=O) groups is 1. The molecule has 0 bridgehead atoms. The minimum atomic E-state index is -1.53. The Balaban J connectivity index is 1.69. The normalized spacial score (nSPS) is 33.0. The van der Waals surface area contributed by atoms with Gasteiger partial charge in [0.25, 0.3) is 0 Å². The molecule has 2 saturated heterocycles. The first kappa shape index (κ1) is 13.0. The van der Waals surface area contributed by atoms with E-state index in [1.165, 1.54) is 0 Å². The molecule has 2 aliphatic heterocycles.